The topological polar surface area (TPSA) is 49.4 Å². The van der Waals surface area contributed by atoms with Crippen LogP contribution in [0.1, 0.15) is 24.5 Å². The summed E-state index contributed by atoms with van der Waals surface area (Å²) in [4.78, 5) is 27.0. The largest absolute Gasteiger partial charge is 0.357 e. The van der Waals surface area contributed by atoms with Crippen LogP contribution in [0.15, 0.2) is 42.5 Å². The zero-order valence-corrected chi connectivity index (χ0v) is 19.3. The summed E-state index contributed by atoms with van der Waals surface area (Å²) in [6.07, 6.45) is 0.506. The molecule has 0 aliphatic rings. The molecule has 2 aromatic rings. The lowest BCUT2D eigenvalue weighted by atomic mass is 10.1. The molecule has 0 saturated carbocycles. The first-order chi connectivity index (χ1) is 13.8. The van der Waals surface area contributed by atoms with Crippen LogP contribution in [0.4, 0.5) is 0 Å². The molecule has 2 amide bonds. The van der Waals surface area contributed by atoms with Crippen LogP contribution in [-0.4, -0.2) is 35.6 Å². The van der Waals surface area contributed by atoms with E-state index >= 15 is 0 Å². The summed E-state index contributed by atoms with van der Waals surface area (Å²) < 4.78 is 0. The highest BCUT2D eigenvalue weighted by Crippen LogP contribution is 2.24. The zero-order chi connectivity index (χ0) is 21.4. The zero-order valence-electron chi connectivity index (χ0n) is 16.3. The van der Waals surface area contributed by atoms with Gasteiger partial charge in [-0.1, -0.05) is 59.9 Å². The van der Waals surface area contributed by atoms with Crippen LogP contribution in [0.5, 0.6) is 0 Å². The molecule has 2 aromatic carbocycles. The molecule has 0 radical (unpaired) electrons. The smallest absolute Gasteiger partial charge is 0.242 e. The van der Waals surface area contributed by atoms with Crippen LogP contribution < -0.4 is 5.32 Å². The van der Waals surface area contributed by atoms with E-state index < -0.39 is 6.04 Å². The molecule has 0 aliphatic heterocycles. The van der Waals surface area contributed by atoms with E-state index in [0.717, 1.165) is 11.1 Å². The molecule has 156 valence electrons. The van der Waals surface area contributed by atoms with E-state index in [1.54, 1.807) is 24.1 Å². The molecule has 0 aliphatic carbocycles. The second-order valence-corrected chi connectivity index (χ2v) is 8.67. The molecule has 8 heteroatoms. The standard InChI is InChI=1S/C21H23Cl3N2O2S/c1-3-19(21(28)25-2)26(11-14-7-8-17(23)18(24)10-14)20(27)13-29-12-15-5-4-6-16(22)9-15/h4-10,19H,3,11-13H2,1-2H3,(H,25,28). The number of benzene rings is 2. The van der Waals surface area contributed by atoms with Gasteiger partial charge in [-0.2, -0.15) is 0 Å². The molecule has 0 saturated heterocycles. The second kappa shape index (κ2) is 11.7. The fourth-order valence-corrected chi connectivity index (χ4v) is 4.28. The van der Waals surface area contributed by atoms with Crippen LogP contribution in [0, 0.1) is 0 Å². The molecule has 1 atom stereocenters. The third kappa shape index (κ3) is 7.10. The highest BCUT2D eigenvalue weighted by Gasteiger charge is 2.28. The summed E-state index contributed by atoms with van der Waals surface area (Å²) >= 11 is 19.6. The van der Waals surface area contributed by atoms with Gasteiger partial charge in [-0.15, -0.1) is 11.8 Å². The van der Waals surface area contributed by atoms with Crippen molar-refractivity contribution >= 4 is 58.4 Å². The summed E-state index contributed by atoms with van der Waals surface area (Å²) in [6, 6.07) is 12.2. The summed E-state index contributed by atoms with van der Waals surface area (Å²) in [7, 11) is 1.57. The first-order valence-corrected chi connectivity index (χ1v) is 11.4. The van der Waals surface area contributed by atoms with Crippen molar-refractivity contribution in [3.8, 4) is 0 Å². The van der Waals surface area contributed by atoms with Gasteiger partial charge in [0.2, 0.25) is 11.8 Å². The van der Waals surface area contributed by atoms with Gasteiger partial charge in [0.15, 0.2) is 0 Å². The van der Waals surface area contributed by atoms with Gasteiger partial charge in [0.05, 0.1) is 15.8 Å². The van der Waals surface area contributed by atoms with Crippen LogP contribution >= 0.6 is 46.6 Å². The van der Waals surface area contributed by atoms with Crippen molar-refractivity contribution in [2.24, 2.45) is 0 Å². The van der Waals surface area contributed by atoms with Gasteiger partial charge in [0.25, 0.3) is 0 Å². The minimum atomic E-state index is -0.561. The number of carbonyl (C=O) groups excluding carboxylic acids is 2. The van der Waals surface area contributed by atoms with Crippen molar-refractivity contribution in [3.05, 3.63) is 68.7 Å². The quantitative estimate of drug-likeness (QED) is 0.528. The van der Waals surface area contributed by atoms with E-state index in [1.807, 2.05) is 37.3 Å². The number of carbonyl (C=O) groups is 2. The van der Waals surface area contributed by atoms with Crippen molar-refractivity contribution in [1.29, 1.82) is 0 Å². The lowest BCUT2D eigenvalue weighted by Crippen LogP contribution is -2.48. The van der Waals surface area contributed by atoms with Gasteiger partial charge in [0, 0.05) is 24.4 Å². The average molecular weight is 474 g/mol. The van der Waals surface area contributed by atoms with Crippen LogP contribution in [-0.2, 0) is 21.9 Å². The van der Waals surface area contributed by atoms with E-state index in [1.165, 1.54) is 11.8 Å². The minimum Gasteiger partial charge on any atom is -0.357 e. The van der Waals surface area contributed by atoms with Gasteiger partial charge in [-0.3, -0.25) is 9.59 Å². The highest BCUT2D eigenvalue weighted by molar-refractivity contribution is 7.99. The number of halogens is 3. The van der Waals surface area contributed by atoms with Crippen LogP contribution in [0.25, 0.3) is 0 Å². The maximum atomic E-state index is 13.0. The summed E-state index contributed by atoms with van der Waals surface area (Å²) in [6.45, 7) is 2.16. The number of thioether (sulfide) groups is 1. The third-order valence-electron chi connectivity index (χ3n) is 4.35. The Kier molecular flexibility index (Phi) is 9.63. The lowest BCUT2D eigenvalue weighted by Gasteiger charge is -2.30. The Morgan fingerprint density at radius 3 is 2.45 bits per heavy atom. The lowest BCUT2D eigenvalue weighted by molar-refractivity contribution is -0.139. The van der Waals surface area contributed by atoms with Crippen molar-refractivity contribution in [1.82, 2.24) is 10.2 Å². The SMILES string of the molecule is CCC(C(=O)NC)N(Cc1ccc(Cl)c(Cl)c1)C(=O)CSCc1cccc(Cl)c1. The summed E-state index contributed by atoms with van der Waals surface area (Å²) in [5.41, 5.74) is 1.86. The number of rotatable bonds is 9. The third-order valence-corrected chi connectivity index (χ3v) is 6.32. The molecule has 2 rings (SSSR count). The Morgan fingerprint density at radius 1 is 1.07 bits per heavy atom. The first-order valence-electron chi connectivity index (χ1n) is 9.12. The molecule has 29 heavy (non-hydrogen) atoms. The molecule has 0 bridgehead atoms. The van der Waals surface area contributed by atoms with E-state index in [0.29, 0.717) is 27.2 Å². The maximum Gasteiger partial charge on any atom is 0.242 e. The Morgan fingerprint density at radius 2 is 1.83 bits per heavy atom. The van der Waals surface area contributed by atoms with E-state index in [4.69, 9.17) is 34.8 Å². The van der Waals surface area contributed by atoms with E-state index in [2.05, 4.69) is 5.32 Å². The predicted molar refractivity (Wildman–Crippen MR) is 123 cm³/mol. The van der Waals surface area contributed by atoms with Crippen molar-refractivity contribution < 1.29 is 9.59 Å². The molecule has 0 fully saturated rings. The number of likely N-dealkylation sites (N-methyl/N-ethyl adjacent to an activating group) is 1. The molecule has 1 unspecified atom stereocenters. The second-order valence-electron chi connectivity index (χ2n) is 6.43. The molecule has 1 N–H and O–H groups in total. The fourth-order valence-electron chi connectivity index (χ4n) is 2.89. The summed E-state index contributed by atoms with van der Waals surface area (Å²) in [5.74, 6) is 0.602. The monoisotopic (exact) mass is 472 g/mol. The summed E-state index contributed by atoms with van der Waals surface area (Å²) in [5, 5.41) is 4.18. The number of hydrogen-bond acceptors (Lipinski definition) is 3. The fraction of sp³-hybridized carbons (Fsp3) is 0.333. The van der Waals surface area contributed by atoms with Crippen LogP contribution in [0.2, 0.25) is 15.1 Å². The van der Waals surface area contributed by atoms with Crippen molar-refractivity contribution in [3.63, 3.8) is 0 Å². The molecular weight excluding hydrogens is 451 g/mol. The molecular formula is C21H23Cl3N2O2S. The Labute approximate surface area is 190 Å². The number of hydrogen-bond donors (Lipinski definition) is 1. The minimum absolute atomic E-state index is 0.112. The van der Waals surface area contributed by atoms with E-state index in [-0.39, 0.29) is 24.1 Å². The number of amides is 2. The Bertz CT molecular complexity index is 864. The first kappa shape index (κ1) is 23.9. The van der Waals surface area contributed by atoms with Gasteiger partial charge in [-0.25, -0.2) is 0 Å². The van der Waals surface area contributed by atoms with Crippen molar-refractivity contribution in [2.45, 2.75) is 31.7 Å². The molecule has 0 spiro atoms. The number of nitrogens with zero attached hydrogens (tertiary/aromatic N) is 1. The normalized spacial score (nSPS) is 11.8. The molecule has 4 nitrogen and oxygen atoms in total. The maximum absolute atomic E-state index is 13.0. The van der Waals surface area contributed by atoms with Gasteiger partial charge in [-0.05, 0) is 41.8 Å². The average Bonchev–Trinajstić information content (AvgIpc) is 2.70. The Balaban J connectivity index is 2.13. The number of nitrogens with one attached hydrogen (secondary N) is 1. The predicted octanol–water partition coefficient (Wildman–Crippen LogP) is 5.43. The Hall–Kier alpha value is -1.40. The van der Waals surface area contributed by atoms with Gasteiger partial charge < -0.3 is 10.2 Å². The molecule has 0 heterocycles. The van der Waals surface area contributed by atoms with Gasteiger partial charge in [0.1, 0.15) is 6.04 Å². The van der Waals surface area contributed by atoms with E-state index in [9.17, 15) is 9.59 Å². The van der Waals surface area contributed by atoms with Crippen molar-refractivity contribution in [2.75, 3.05) is 12.8 Å². The molecule has 0 aromatic heterocycles. The van der Waals surface area contributed by atoms with Crippen LogP contribution in [0.3, 0.4) is 0 Å². The van der Waals surface area contributed by atoms with Gasteiger partial charge >= 0.3 is 0 Å². The highest BCUT2D eigenvalue weighted by atomic mass is 35.5.